The van der Waals surface area contributed by atoms with E-state index in [9.17, 15) is 49.0 Å². The number of hydrogen-bond donors (Lipinski definition) is 2. The van der Waals surface area contributed by atoms with Crippen molar-refractivity contribution in [1.82, 2.24) is 0 Å². The predicted molar refractivity (Wildman–Crippen MR) is 207 cm³/mol. The minimum atomic E-state index is -0.894. The first-order chi connectivity index (χ1) is 27.8. The molecule has 0 radical (unpaired) electrons. The highest BCUT2D eigenvalue weighted by Gasteiger charge is 2.43. The number of aryl methyl sites for hydroxylation is 1. The fraction of sp³-hybridized carbons (Fsp3) is 0.0233. The molecule has 3 aliphatic rings. The Morgan fingerprint density at radius 3 is 1.57 bits per heavy atom. The van der Waals surface area contributed by atoms with Crippen LogP contribution in [0.2, 0.25) is 0 Å². The topological polar surface area (TPSA) is 230 Å². The van der Waals surface area contributed by atoms with Crippen molar-refractivity contribution in [3.63, 3.8) is 0 Å². The number of nitrogen functional groups attached to an aromatic ring is 1. The third-order valence-electron chi connectivity index (χ3n) is 10.6. The molecule has 0 saturated carbocycles. The molecular weight excluding hydrogens is 746 g/mol. The number of anilines is 4. The first-order valence-electron chi connectivity index (χ1n) is 17.5. The van der Waals surface area contributed by atoms with Crippen molar-refractivity contribution in [2.24, 2.45) is 0 Å². The van der Waals surface area contributed by atoms with Crippen molar-refractivity contribution in [2.75, 3.05) is 16.2 Å². The molecule has 0 unspecified atom stereocenters. The highest BCUT2D eigenvalue weighted by atomic mass is 16.6. The van der Waals surface area contributed by atoms with E-state index in [1.807, 2.05) is 0 Å². The maximum atomic E-state index is 14.6. The van der Waals surface area contributed by atoms with E-state index < -0.39 is 72.6 Å². The number of fused-ring (bicyclic) bond motifs is 6. The Morgan fingerprint density at radius 1 is 0.483 bits per heavy atom. The van der Waals surface area contributed by atoms with Crippen LogP contribution in [0.3, 0.4) is 0 Å². The van der Waals surface area contributed by atoms with Crippen molar-refractivity contribution < 1.29 is 38.6 Å². The number of rotatable bonds is 6. The number of nitrogens with one attached hydrogen (secondary N) is 1. The molecular formula is C43H23N5O10. The lowest BCUT2D eigenvalue weighted by atomic mass is 9.80. The molecule has 280 valence electrons. The zero-order valence-electron chi connectivity index (χ0n) is 29.8. The number of nitrogens with two attached hydrogens (primary N) is 1. The first kappa shape index (κ1) is 35.3. The van der Waals surface area contributed by atoms with Crippen LogP contribution >= 0.6 is 0 Å². The number of nitro groups is 2. The van der Waals surface area contributed by atoms with E-state index in [2.05, 4.69) is 5.43 Å². The summed E-state index contributed by atoms with van der Waals surface area (Å²) in [5.41, 5.74) is 5.60. The average Bonchev–Trinajstić information content (AvgIpc) is 3.22. The van der Waals surface area contributed by atoms with E-state index in [0.29, 0.717) is 5.56 Å². The molecule has 6 aromatic carbocycles. The van der Waals surface area contributed by atoms with Gasteiger partial charge in [0.2, 0.25) is 11.6 Å². The fourth-order valence-corrected chi connectivity index (χ4v) is 7.97. The van der Waals surface area contributed by atoms with Crippen molar-refractivity contribution in [3.8, 4) is 0 Å². The van der Waals surface area contributed by atoms with Crippen LogP contribution in [0.15, 0.2) is 103 Å². The quantitative estimate of drug-likeness (QED) is 0.0999. The predicted octanol–water partition coefficient (Wildman–Crippen LogP) is 6.89. The van der Waals surface area contributed by atoms with Gasteiger partial charge in [-0.25, -0.2) is 0 Å². The number of nitrogens with zero attached hydrogens (tertiary/aromatic N) is 3. The number of carbonyl (C=O) groups is 6. The molecule has 0 atom stereocenters. The monoisotopic (exact) mass is 769 g/mol. The lowest BCUT2D eigenvalue weighted by molar-refractivity contribution is -0.385. The number of ketones is 6. The zero-order chi connectivity index (χ0) is 40.9. The number of benzene rings is 6. The van der Waals surface area contributed by atoms with Crippen LogP contribution in [-0.4, -0.2) is 44.5 Å². The van der Waals surface area contributed by atoms with Gasteiger partial charge < -0.3 is 5.73 Å². The average molecular weight is 770 g/mol. The van der Waals surface area contributed by atoms with Crippen LogP contribution in [0.4, 0.5) is 34.1 Å². The molecule has 0 aromatic heterocycles. The third kappa shape index (κ3) is 4.80. The summed E-state index contributed by atoms with van der Waals surface area (Å²) < 4.78 is 0. The summed E-state index contributed by atoms with van der Waals surface area (Å²) in [4.78, 5) is 109. The van der Waals surface area contributed by atoms with Gasteiger partial charge in [-0.1, -0.05) is 60.7 Å². The van der Waals surface area contributed by atoms with Gasteiger partial charge in [0, 0.05) is 51.1 Å². The highest BCUT2D eigenvalue weighted by molar-refractivity contribution is 6.34. The highest BCUT2D eigenvalue weighted by Crippen LogP contribution is 2.47. The number of carbonyl (C=O) groups excluding carboxylic acids is 6. The molecule has 9 rings (SSSR count). The van der Waals surface area contributed by atoms with Gasteiger partial charge in [0.1, 0.15) is 11.1 Å². The fourth-order valence-electron chi connectivity index (χ4n) is 7.97. The normalized spacial score (nSPS) is 13.5. The van der Waals surface area contributed by atoms with Gasteiger partial charge in [0.15, 0.2) is 23.1 Å². The van der Waals surface area contributed by atoms with E-state index in [4.69, 9.17) is 5.73 Å². The maximum Gasteiger partial charge on any atom is 0.281 e. The molecule has 15 heteroatoms. The van der Waals surface area contributed by atoms with Gasteiger partial charge in [-0.05, 0) is 42.8 Å². The summed E-state index contributed by atoms with van der Waals surface area (Å²) in [7, 11) is 0. The van der Waals surface area contributed by atoms with Gasteiger partial charge in [-0.15, -0.1) is 0 Å². The van der Waals surface area contributed by atoms with Gasteiger partial charge in [0.25, 0.3) is 11.4 Å². The minimum absolute atomic E-state index is 0.00457. The molecule has 0 bridgehead atoms. The molecule has 0 saturated heterocycles. The SMILES string of the molecule is Cc1ccc2c(c1NN(c1ccc([N+](=O)[O-])c3c1C(=O)c1ccccc1C3=O)c1c(N)ccc3c1C(=O)c1cccc([N+](=O)[O-])c1C3=O)C(=O)c1ccccc1C2=O. The Hall–Kier alpha value is -8.46. The lowest BCUT2D eigenvalue weighted by Crippen LogP contribution is -2.35. The van der Waals surface area contributed by atoms with Crippen LogP contribution < -0.4 is 16.2 Å². The molecule has 0 aliphatic heterocycles. The van der Waals surface area contributed by atoms with Crippen LogP contribution in [-0.2, 0) is 0 Å². The largest absolute Gasteiger partial charge is 0.397 e. The summed E-state index contributed by atoms with van der Waals surface area (Å²) in [6, 6.07) is 23.2. The van der Waals surface area contributed by atoms with Crippen molar-refractivity contribution >= 4 is 68.8 Å². The number of hydrogen-bond acceptors (Lipinski definition) is 13. The molecule has 0 fully saturated rings. The van der Waals surface area contributed by atoms with Crippen LogP contribution in [0.25, 0.3) is 0 Å². The molecule has 15 nitrogen and oxygen atoms in total. The molecule has 6 aromatic rings. The Kier molecular flexibility index (Phi) is 7.62. The summed E-state index contributed by atoms with van der Waals surface area (Å²) in [5.74, 6) is -4.46. The number of nitro benzene ring substituents is 2. The molecule has 0 amide bonds. The minimum Gasteiger partial charge on any atom is -0.397 e. The second-order valence-corrected chi connectivity index (χ2v) is 13.7. The molecule has 58 heavy (non-hydrogen) atoms. The standard InChI is InChI=1S/C43H23N5O10/c1-19-13-14-25-32(39(50)21-8-3-2-7-20(21)38(25)49)36(19)45-46(28-17-18-30(48(57)58)35-34(28)40(51)22-9-4-5-10-23(22)41(35)52)37-27(44)16-15-26-33(37)43(54)24-11-6-12-29(47(55)56)31(24)42(26)53/h2-18,45H,44H2,1H3. The van der Waals surface area contributed by atoms with Crippen molar-refractivity contribution in [2.45, 2.75) is 6.92 Å². The van der Waals surface area contributed by atoms with Gasteiger partial charge in [0.05, 0.1) is 49.3 Å². The smallest absolute Gasteiger partial charge is 0.281 e. The third-order valence-corrected chi connectivity index (χ3v) is 10.6. The van der Waals surface area contributed by atoms with Gasteiger partial charge >= 0.3 is 0 Å². The Balaban J connectivity index is 1.37. The summed E-state index contributed by atoms with van der Waals surface area (Å²) in [6.07, 6.45) is 0. The van der Waals surface area contributed by atoms with E-state index in [1.165, 1.54) is 66.7 Å². The van der Waals surface area contributed by atoms with Crippen LogP contribution in [0.5, 0.6) is 0 Å². The van der Waals surface area contributed by atoms with E-state index >= 15 is 0 Å². The molecule has 0 spiro atoms. The van der Waals surface area contributed by atoms with Crippen molar-refractivity contribution in [3.05, 3.63) is 196 Å². The zero-order valence-corrected chi connectivity index (χ0v) is 29.8. The van der Waals surface area contributed by atoms with Crippen LogP contribution in [0.1, 0.15) is 101 Å². The Morgan fingerprint density at radius 2 is 0.948 bits per heavy atom. The Labute approximate surface area is 325 Å². The second-order valence-electron chi connectivity index (χ2n) is 13.7. The second kappa shape index (κ2) is 12.5. The summed E-state index contributed by atoms with van der Waals surface area (Å²) >= 11 is 0. The summed E-state index contributed by atoms with van der Waals surface area (Å²) in [6.45, 7) is 1.61. The van der Waals surface area contributed by atoms with Gasteiger partial charge in [-0.2, -0.15) is 0 Å². The molecule has 3 N–H and O–H groups in total. The van der Waals surface area contributed by atoms with Crippen molar-refractivity contribution in [1.29, 1.82) is 0 Å². The van der Waals surface area contributed by atoms with Gasteiger partial charge in [-0.3, -0.25) is 59.4 Å². The first-order valence-corrected chi connectivity index (χ1v) is 17.5. The Bertz CT molecular complexity index is 3040. The van der Waals surface area contributed by atoms with Crippen LogP contribution in [0, 0.1) is 27.2 Å². The summed E-state index contributed by atoms with van der Waals surface area (Å²) in [5, 5.41) is 25.6. The van der Waals surface area contributed by atoms with E-state index in [0.717, 1.165) is 23.2 Å². The van der Waals surface area contributed by atoms with E-state index in [1.54, 1.807) is 25.1 Å². The molecule has 0 heterocycles. The number of hydrazine groups is 1. The molecule has 3 aliphatic carbocycles. The maximum absolute atomic E-state index is 14.6. The van der Waals surface area contributed by atoms with E-state index in [-0.39, 0.29) is 72.8 Å². The lowest BCUT2D eigenvalue weighted by Gasteiger charge is -2.35.